The van der Waals surface area contributed by atoms with Crippen LogP contribution in [0.3, 0.4) is 0 Å². The van der Waals surface area contributed by atoms with Crippen LogP contribution in [0.15, 0.2) is 18.2 Å². The van der Waals surface area contributed by atoms with Gasteiger partial charge < -0.3 is 14.6 Å². The summed E-state index contributed by atoms with van der Waals surface area (Å²) in [6.45, 7) is 0. The summed E-state index contributed by atoms with van der Waals surface area (Å²) in [5, 5.41) is 8.46. The fourth-order valence-corrected chi connectivity index (χ4v) is 2.82. The van der Waals surface area contributed by atoms with Gasteiger partial charge in [-0.05, 0) is 66.5 Å². The molecule has 0 radical (unpaired) electrons. The van der Waals surface area contributed by atoms with Gasteiger partial charge >= 0.3 is 18.0 Å². The van der Waals surface area contributed by atoms with Gasteiger partial charge in [0.05, 0.1) is 0 Å². The summed E-state index contributed by atoms with van der Waals surface area (Å²) in [6, 6.07) is 3.90. The molecule has 1 saturated carbocycles. The van der Waals surface area contributed by atoms with E-state index >= 15 is 0 Å². The van der Waals surface area contributed by atoms with Crippen LogP contribution >= 0.6 is 22.6 Å². The van der Waals surface area contributed by atoms with Gasteiger partial charge in [-0.3, -0.25) is 0 Å². The summed E-state index contributed by atoms with van der Waals surface area (Å²) in [5.74, 6) is -3.73. The van der Waals surface area contributed by atoms with Crippen molar-refractivity contribution < 1.29 is 33.0 Å². The normalized spacial score (nSPS) is 16.0. The van der Waals surface area contributed by atoms with Gasteiger partial charge in [-0.1, -0.05) is 6.42 Å². The maximum absolute atomic E-state index is 13.3. The fourth-order valence-electron chi connectivity index (χ4n) is 2.33. The predicted molar refractivity (Wildman–Crippen MR) is 84.7 cm³/mol. The van der Waals surface area contributed by atoms with Crippen molar-refractivity contribution in [2.45, 2.75) is 44.3 Å². The Kier molecular flexibility index (Phi) is 5.77. The van der Waals surface area contributed by atoms with Crippen LogP contribution < -0.4 is 4.74 Å². The topological polar surface area (TPSA) is 72.8 Å². The number of carbonyl (C=O) groups is 2. The molecule has 0 aliphatic heterocycles. The van der Waals surface area contributed by atoms with E-state index < -0.39 is 23.8 Å². The largest absolute Gasteiger partial charge is 0.501 e. The summed E-state index contributed by atoms with van der Waals surface area (Å²) in [7, 11) is 0. The van der Waals surface area contributed by atoms with Gasteiger partial charge in [0.2, 0.25) is 0 Å². The van der Waals surface area contributed by atoms with Gasteiger partial charge in [0.15, 0.2) is 0 Å². The predicted octanol–water partition coefficient (Wildman–Crippen LogP) is 3.84. The fraction of sp³-hybridized carbons (Fsp3) is 0.467. The van der Waals surface area contributed by atoms with Crippen LogP contribution in [0.5, 0.6) is 5.75 Å². The van der Waals surface area contributed by atoms with Gasteiger partial charge in [0, 0.05) is 3.57 Å². The minimum absolute atomic E-state index is 0.205. The molecule has 1 N–H and O–H groups in total. The van der Waals surface area contributed by atoms with Crippen LogP contribution in [0.25, 0.3) is 0 Å². The molecule has 0 saturated heterocycles. The molecule has 2 rings (SSSR count). The number of hydrogen-bond donors (Lipinski definition) is 1. The van der Waals surface area contributed by atoms with Crippen molar-refractivity contribution in [2.24, 2.45) is 0 Å². The highest BCUT2D eigenvalue weighted by molar-refractivity contribution is 14.1. The lowest BCUT2D eigenvalue weighted by molar-refractivity contribution is -0.211. The van der Waals surface area contributed by atoms with Crippen LogP contribution in [0.2, 0.25) is 0 Å². The van der Waals surface area contributed by atoms with E-state index in [0.29, 0.717) is 3.57 Å². The van der Waals surface area contributed by atoms with Gasteiger partial charge in [0.25, 0.3) is 0 Å². The van der Waals surface area contributed by atoms with Crippen LogP contribution in [-0.4, -0.2) is 29.3 Å². The third kappa shape index (κ3) is 4.76. The molecular weight excluding hydrogens is 425 g/mol. The Hall–Kier alpha value is -1.45. The van der Waals surface area contributed by atoms with E-state index in [1.807, 2.05) is 22.6 Å². The Balaban J connectivity index is 2.20. The van der Waals surface area contributed by atoms with Gasteiger partial charge in [0.1, 0.15) is 17.4 Å². The van der Waals surface area contributed by atoms with E-state index in [4.69, 9.17) is 9.84 Å². The summed E-state index contributed by atoms with van der Waals surface area (Å²) in [6.07, 6.45) is -0.228. The number of rotatable bonds is 5. The molecule has 0 aromatic heterocycles. The maximum atomic E-state index is 13.3. The second-order valence-electron chi connectivity index (χ2n) is 5.23. The maximum Gasteiger partial charge on any atom is 0.501 e. The first-order chi connectivity index (χ1) is 10.8. The van der Waals surface area contributed by atoms with Crippen molar-refractivity contribution in [1.29, 1.82) is 0 Å². The average molecular weight is 440 g/mol. The lowest BCUT2D eigenvalue weighted by Gasteiger charge is -2.22. The molecular formula is C15H15F2IO5. The standard InChI is InChI=1S/C15H15F2IO5/c16-15(17,14(20)21)23-12-7-6-9(18)8-11(12)13(19)22-10-4-2-1-3-5-10/h6-8,10H,1-5H2,(H,20,21). The summed E-state index contributed by atoms with van der Waals surface area (Å²) < 4.78 is 36.7. The SMILES string of the molecule is O=C(OC1CCCCC1)c1cc(I)ccc1OC(F)(F)C(=O)O. The number of esters is 1. The first-order valence-corrected chi connectivity index (χ1v) is 8.18. The van der Waals surface area contributed by atoms with E-state index in [-0.39, 0.29) is 11.7 Å². The minimum Gasteiger partial charge on any atom is -0.474 e. The number of ether oxygens (including phenoxy) is 2. The number of halogens is 3. The first-order valence-electron chi connectivity index (χ1n) is 7.10. The molecule has 126 valence electrons. The molecule has 0 unspecified atom stereocenters. The number of alkyl halides is 2. The molecule has 23 heavy (non-hydrogen) atoms. The number of carbonyl (C=O) groups excluding carboxylic acids is 1. The summed E-state index contributed by atoms with van der Waals surface area (Å²) in [4.78, 5) is 22.7. The second kappa shape index (κ2) is 7.41. The lowest BCUT2D eigenvalue weighted by Crippen LogP contribution is -2.35. The molecule has 0 spiro atoms. The molecule has 0 amide bonds. The molecule has 8 heteroatoms. The Bertz CT molecular complexity index is 600. The first kappa shape index (κ1) is 17.9. The number of hydrogen-bond acceptors (Lipinski definition) is 4. The third-order valence-corrected chi connectivity index (χ3v) is 4.15. The van der Waals surface area contributed by atoms with Crippen molar-refractivity contribution in [2.75, 3.05) is 0 Å². The lowest BCUT2D eigenvalue weighted by atomic mass is 9.98. The Morgan fingerprint density at radius 3 is 2.48 bits per heavy atom. The van der Waals surface area contributed by atoms with Crippen LogP contribution in [0, 0.1) is 3.57 Å². The molecule has 1 aromatic carbocycles. The van der Waals surface area contributed by atoms with Crippen LogP contribution in [0.1, 0.15) is 42.5 Å². The minimum atomic E-state index is -4.42. The zero-order valence-electron chi connectivity index (χ0n) is 12.1. The van der Waals surface area contributed by atoms with Crippen LogP contribution in [0.4, 0.5) is 8.78 Å². The van der Waals surface area contributed by atoms with Crippen molar-refractivity contribution in [3.63, 3.8) is 0 Å². The number of carboxylic acid groups (broad SMARTS) is 1. The summed E-state index contributed by atoms with van der Waals surface area (Å²) >= 11 is 1.91. The number of benzene rings is 1. The highest BCUT2D eigenvalue weighted by Gasteiger charge is 2.43. The third-order valence-electron chi connectivity index (χ3n) is 3.47. The van der Waals surface area contributed by atoms with E-state index in [1.54, 1.807) is 0 Å². The Morgan fingerprint density at radius 1 is 1.22 bits per heavy atom. The van der Waals surface area contributed by atoms with E-state index in [1.165, 1.54) is 12.1 Å². The zero-order chi connectivity index (χ0) is 17.0. The highest BCUT2D eigenvalue weighted by atomic mass is 127. The summed E-state index contributed by atoms with van der Waals surface area (Å²) in [5.41, 5.74) is -0.205. The zero-order valence-corrected chi connectivity index (χ0v) is 14.2. The molecule has 0 bridgehead atoms. The Morgan fingerprint density at radius 2 is 1.87 bits per heavy atom. The quantitative estimate of drug-likeness (QED) is 0.557. The van der Waals surface area contributed by atoms with Crippen molar-refractivity contribution in [3.05, 3.63) is 27.3 Å². The molecule has 0 atom stereocenters. The van der Waals surface area contributed by atoms with E-state index in [0.717, 1.165) is 38.2 Å². The Labute approximate surface area is 145 Å². The smallest absolute Gasteiger partial charge is 0.474 e. The molecule has 0 heterocycles. The number of aliphatic carboxylic acids is 1. The second-order valence-corrected chi connectivity index (χ2v) is 6.48. The highest BCUT2D eigenvalue weighted by Crippen LogP contribution is 2.29. The monoisotopic (exact) mass is 440 g/mol. The van der Waals surface area contributed by atoms with Gasteiger partial charge in [-0.25, -0.2) is 9.59 Å². The molecule has 1 aliphatic carbocycles. The van der Waals surface area contributed by atoms with Gasteiger partial charge in [-0.15, -0.1) is 0 Å². The van der Waals surface area contributed by atoms with Crippen molar-refractivity contribution in [1.82, 2.24) is 0 Å². The molecule has 5 nitrogen and oxygen atoms in total. The molecule has 1 fully saturated rings. The molecule has 1 aliphatic rings. The van der Waals surface area contributed by atoms with Crippen molar-refractivity contribution in [3.8, 4) is 5.75 Å². The van der Waals surface area contributed by atoms with Crippen molar-refractivity contribution >= 4 is 34.5 Å². The molecule has 1 aromatic rings. The van der Waals surface area contributed by atoms with E-state index in [9.17, 15) is 18.4 Å². The average Bonchev–Trinajstić information content (AvgIpc) is 2.49. The van der Waals surface area contributed by atoms with Crippen LogP contribution in [-0.2, 0) is 9.53 Å². The van der Waals surface area contributed by atoms with Gasteiger partial charge in [-0.2, -0.15) is 8.78 Å². The van der Waals surface area contributed by atoms with E-state index in [2.05, 4.69) is 4.74 Å². The number of carboxylic acids is 1.